The van der Waals surface area contributed by atoms with E-state index in [1.807, 2.05) is 30.3 Å². The molecule has 0 saturated heterocycles. The lowest BCUT2D eigenvalue weighted by Crippen LogP contribution is -1.82. The molecular formula is C13H11N3O. The van der Waals surface area contributed by atoms with E-state index in [1.54, 1.807) is 19.5 Å². The zero-order valence-electron chi connectivity index (χ0n) is 9.34. The van der Waals surface area contributed by atoms with Crippen molar-refractivity contribution in [2.24, 2.45) is 0 Å². The van der Waals surface area contributed by atoms with Gasteiger partial charge in [0.2, 0.25) is 0 Å². The smallest absolute Gasteiger partial charge is 0.119 e. The summed E-state index contributed by atoms with van der Waals surface area (Å²) in [6.45, 7) is 0. The number of H-pyrrole nitrogens is 1. The van der Waals surface area contributed by atoms with Gasteiger partial charge in [0.05, 0.1) is 12.6 Å². The molecule has 0 aliphatic rings. The maximum atomic E-state index is 5.23. The highest BCUT2D eigenvalue weighted by Crippen LogP contribution is 2.28. The number of aromatic nitrogens is 3. The molecule has 1 aromatic carbocycles. The minimum Gasteiger partial charge on any atom is -0.497 e. The van der Waals surface area contributed by atoms with Crippen molar-refractivity contribution in [3.63, 3.8) is 0 Å². The number of hydrogen-bond acceptors (Lipinski definition) is 3. The molecule has 0 aliphatic carbocycles. The van der Waals surface area contributed by atoms with Crippen LogP contribution in [0.25, 0.3) is 22.2 Å². The molecule has 0 atom stereocenters. The van der Waals surface area contributed by atoms with E-state index in [0.717, 1.165) is 27.9 Å². The quantitative estimate of drug-likeness (QED) is 0.729. The highest BCUT2D eigenvalue weighted by atomic mass is 16.5. The molecule has 0 spiro atoms. The number of fused-ring (bicyclic) bond motifs is 1. The molecule has 3 rings (SSSR count). The van der Waals surface area contributed by atoms with Crippen LogP contribution in [0, 0.1) is 0 Å². The monoisotopic (exact) mass is 225 g/mol. The minimum atomic E-state index is 0.828. The highest BCUT2D eigenvalue weighted by Gasteiger charge is 2.08. The van der Waals surface area contributed by atoms with Crippen LogP contribution in [0.1, 0.15) is 0 Å². The third-order valence-electron chi connectivity index (χ3n) is 2.72. The van der Waals surface area contributed by atoms with E-state index in [-0.39, 0.29) is 0 Å². The molecule has 2 aromatic heterocycles. The molecule has 4 heteroatoms. The van der Waals surface area contributed by atoms with Crippen molar-refractivity contribution in [2.75, 3.05) is 7.11 Å². The largest absolute Gasteiger partial charge is 0.497 e. The van der Waals surface area contributed by atoms with Gasteiger partial charge in [0, 0.05) is 23.3 Å². The molecular weight excluding hydrogens is 214 g/mol. The third kappa shape index (κ3) is 1.63. The Kier molecular flexibility index (Phi) is 2.26. The Hall–Kier alpha value is -2.36. The maximum Gasteiger partial charge on any atom is 0.119 e. The van der Waals surface area contributed by atoms with Gasteiger partial charge in [0.1, 0.15) is 11.4 Å². The first-order valence-corrected chi connectivity index (χ1v) is 5.31. The summed E-state index contributed by atoms with van der Waals surface area (Å²) in [4.78, 5) is 4.01. The van der Waals surface area contributed by atoms with E-state index < -0.39 is 0 Å². The van der Waals surface area contributed by atoms with Gasteiger partial charge >= 0.3 is 0 Å². The lowest BCUT2D eigenvalue weighted by Gasteiger charge is -2.00. The van der Waals surface area contributed by atoms with Crippen LogP contribution in [0.2, 0.25) is 0 Å². The van der Waals surface area contributed by atoms with Crippen molar-refractivity contribution < 1.29 is 4.74 Å². The van der Waals surface area contributed by atoms with Crippen LogP contribution in [0.3, 0.4) is 0 Å². The topological polar surface area (TPSA) is 50.8 Å². The average Bonchev–Trinajstić information content (AvgIpc) is 2.82. The Balaban J connectivity index is 2.23. The number of nitrogens with zero attached hydrogens (tertiary/aromatic N) is 2. The number of aromatic amines is 1. The molecule has 0 radical (unpaired) electrons. The number of nitrogens with one attached hydrogen (secondary N) is 1. The standard InChI is InChI=1S/C13H11N3O/c1-17-10-2-3-12-11(8-10)13(16-15-12)9-4-6-14-7-5-9/h2-8H,1H3,(H,15,16). The van der Waals surface area contributed by atoms with E-state index in [1.165, 1.54) is 0 Å². The molecule has 84 valence electrons. The van der Waals surface area contributed by atoms with Crippen LogP contribution >= 0.6 is 0 Å². The summed E-state index contributed by atoms with van der Waals surface area (Å²) < 4.78 is 5.23. The molecule has 17 heavy (non-hydrogen) atoms. The Morgan fingerprint density at radius 1 is 1.12 bits per heavy atom. The number of pyridine rings is 1. The summed E-state index contributed by atoms with van der Waals surface area (Å²) in [5.41, 5.74) is 2.96. The molecule has 3 aromatic rings. The van der Waals surface area contributed by atoms with E-state index in [4.69, 9.17) is 4.74 Å². The molecule has 0 bridgehead atoms. The van der Waals surface area contributed by atoms with Crippen LogP contribution in [0.5, 0.6) is 5.75 Å². The van der Waals surface area contributed by atoms with E-state index in [2.05, 4.69) is 15.2 Å². The SMILES string of the molecule is COc1ccc2[nH]nc(-c3ccncc3)c2c1. The van der Waals surface area contributed by atoms with Gasteiger partial charge in [0.15, 0.2) is 0 Å². The lowest BCUT2D eigenvalue weighted by molar-refractivity contribution is 0.415. The zero-order chi connectivity index (χ0) is 11.7. The van der Waals surface area contributed by atoms with Gasteiger partial charge in [-0.3, -0.25) is 10.1 Å². The van der Waals surface area contributed by atoms with Crippen LogP contribution in [0.15, 0.2) is 42.7 Å². The first-order valence-electron chi connectivity index (χ1n) is 5.31. The summed E-state index contributed by atoms with van der Waals surface area (Å²) >= 11 is 0. The normalized spacial score (nSPS) is 10.6. The Bertz CT molecular complexity index is 646. The van der Waals surface area contributed by atoms with Gasteiger partial charge < -0.3 is 4.74 Å². The number of methoxy groups -OCH3 is 1. The minimum absolute atomic E-state index is 0.828. The highest BCUT2D eigenvalue weighted by molar-refractivity contribution is 5.93. The van der Waals surface area contributed by atoms with Gasteiger partial charge in [-0.25, -0.2) is 0 Å². The Labute approximate surface area is 98.3 Å². The number of rotatable bonds is 2. The molecule has 1 N–H and O–H groups in total. The van der Waals surface area contributed by atoms with Crippen molar-refractivity contribution in [1.82, 2.24) is 15.2 Å². The summed E-state index contributed by atoms with van der Waals surface area (Å²) in [6.07, 6.45) is 3.52. The molecule has 0 amide bonds. The van der Waals surface area contributed by atoms with Gasteiger partial charge in [-0.1, -0.05) is 0 Å². The fraction of sp³-hybridized carbons (Fsp3) is 0.0769. The van der Waals surface area contributed by atoms with Crippen molar-refractivity contribution in [1.29, 1.82) is 0 Å². The third-order valence-corrected chi connectivity index (χ3v) is 2.72. The van der Waals surface area contributed by atoms with E-state index >= 15 is 0 Å². The molecule has 4 nitrogen and oxygen atoms in total. The summed E-state index contributed by atoms with van der Waals surface area (Å²) in [7, 11) is 1.66. The van der Waals surface area contributed by atoms with Crippen LogP contribution in [-0.4, -0.2) is 22.3 Å². The van der Waals surface area contributed by atoms with Gasteiger partial charge in [-0.15, -0.1) is 0 Å². The number of benzene rings is 1. The zero-order valence-corrected chi connectivity index (χ0v) is 9.34. The molecule has 2 heterocycles. The maximum absolute atomic E-state index is 5.23. The number of hydrogen-bond donors (Lipinski definition) is 1. The molecule has 0 fully saturated rings. The predicted octanol–water partition coefficient (Wildman–Crippen LogP) is 2.63. The van der Waals surface area contributed by atoms with E-state index in [9.17, 15) is 0 Å². The molecule has 0 unspecified atom stereocenters. The van der Waals surface area contributed by atoms with Gasteiger partial charge in [-0.05, 0) is 30.3 Å². The molecule has 0 aliphatic heterocycles. The van der Waals surface area contributed by atoms with Crippen molar-refractivity contribution in [2.45, 2.75) is 0 Å². The first-order chi connectivity index (χ1) is 8.38. The summed E-state index contributed by atoms with van der Waals surface area (Å²) in [6, 6.07) is 9.74. The van der Waals surface area contributed by atoms with Crippen LogP contribution in [0.4, 0.5) is 0 Å². The van der Waals surface area contributed by atoms with Gasteiger partial charge in [-0.2, -0.15) is 5.10 Å². The summed E-state index contributed by atoms with van der Waals surface area (Å²) in [5.74, 6) is 0.828. The Morgan fingerprint density at radius 3 is 2.71 bits per heavy atom. The second-order valence-corrected chi connectivity index (χ2v) is 3.72. The lowest BCUT2D eigenvalue weighted by atomic mass is 10.1. The summed E-state index contributed by atoms with van der Waals surface area (Å²) in [5, 5.41) is 8.40. The van der Waals surface area contributed by atoms with Crippen molar-refractivity contribution >= 4 is 10.9 Å². The van der Waals surface area contributed by atoms with Crippen LogP contribution < -0.4 is 4.74 Å². The fourth-order valence-electron chi connectivity index (χ4n) is 1.85. The fourth-order valence-corrected chi connectivity index (χ4v) is 1.85. The van der Waals surface area contributed by atoms with Crippen molar-refractivity contribution in [3.8, 4) is 17.0 Å². The van der Waals surface area contributed by atoms with Crippen LogP contribution in [-0.2, 0) is 0 Å². The second-order valence-electron chi connectivity index (χ2n) is 3.72. The average molecular weight is 225 g/mol. The van der Waals surface area contributed by atoms with Gasteiger partial charge in [0.25, 0.3) is 0 Å². The number of ether oxygens (including phenoxy) is 1. The van der Waals surface area contributed by atoms with Crippen molar-refractivity contribution in [3.05, 3.63) is 42.7 Å². The second kappa shape index (κ2) is 3.90. The predicted molar refractivity (Wildman–Crippen MR) is 65.9 cm³/mol. The molecule has 0 saturated carbocycles. The Morgan fingerprint density at radius 2 is 1.94 bits per heavy atom. The first kappa shape index (κ1) is 9.84. The van der Waals surface area contributed by atoms with E-state index in [0.29, 0.717) is 0 Å².